The lowest BCUT2D eigenvalue weighted by atomic mass is 10.0. The molecule has 2 heterocycles. The van der Waals surface area contributed by atoms with Crippen molar-refractivity contribution in [2.24, 2.45) is 0 Å². The van der Waals surface area contributed by atoms with Crippen molar-refractivity contribution >= 4 is 39.0 Å². The summed E-state index contributed by atoms with van der Waals surface area (Å²) in [4.78, 5) is 27.5. The Morgan fingerprint density at radius 2 is 1.83 bits per heavy atom. The van der Waals surface area contributed by atoms with Gasteiger partial charge in [-0.05, 0) is 48.0 Å². The van der Waals surface area contributed by atoms with Crippen LogP contribution in [-0.4, -0.2) is 23.8 Å². The highest BCUT2D eigenvalue weighted by molar-refractivity contribution is 9.10. The van der Waals surface area contributed by atoms with Crippen molar-refractivity contribution in [1.29, 1.82) is 0 Å². The number of ether oxygens (including phenoxy) is 1. The van der Waals surface area contributed by atoms with Gasteiger partial charge in [0.15, 0.2) is 0 Å². The number of furan rings is 1. The maximum atomic E-state index is 13.2. The smallest absolute Gasteiger partial charge is 0.278 e. The zero-order valence-corrected chi connectivity index (χ0v) is 17.1. The number of hydrogen-bond acceptors (Lipinski definition) is 5. The van der Waals surface area contributed by atoms with Gasteiger partial charge in [-0.3, -0.25) is 14.5 Å². The summed E-state index contributed by atoms with van der Waals surface area (Å²) in [6, 6.07) is 17.9. The number of carbonyl (C=O) groups is 2. The van der Waals surface area contributed by atoms with Crippen LogP contribution in [0.15, 0.2) is 81.5 Å². The van der Waals surface area contributed by atoms with Gasteiger partial charge in [0.1, 0.15) is 17.2 Å². The van der Waals surface area contributed by atoms with E-state index in [1.54, 1.807) is 43.5 Å². The van der Waals surface area contributed by atoms with E-state index >= 15 is 0 Å². The second-order valence-electron chi connectivity index (χ2n) is 6.39. The maximum Gasteiger partial charge on any atom is 0.278 e. The van der Waals surface area contributed by atoms with Gasteiger partial charge in [-0.15, -0.1) is 0 Å². The Kier molecular flexibility index (Phi) is 5.22. The van der Waals surface area contributed by atoms with E-state index in [0.717, 1.165) is 4.47 Å². The molecule has 146 valence electrons. The van der Waals surface area contributed by atoms with Gasteiger partial charge in [-0.1, -0.05) is 34.1 Å². The number of methoxy groups -OCH3 is 1. The number of halogens is 1. The average Bonchev–Trinajstić information content (AvgIpc) is 3.31. The van der Waals surface area contributed by atoms with E-state index in [-0.39, 0.29) is 18.1 Å². The number of carbonyl (C=O) groups excluding carboxylic acids is 2. The number of nitrogens with one attached hydrogen (secondary N) is 1. The first-order chi connectivity index (χ1) is 14.1. The predicted octanol–water partition coefficient (Wildman–Crippen LogP) is 4.44. The quantitative estimate of drug-likeness (QED) is 0.559. The number of amides is 2. The third-order valence-corrected chi connectivity index (χ3v) is 5.03. The molecule has 3 aromatic rings. The zero-order valence-electron chi connectivity index (χ0n) is 15.5. The number of imide groups is 1. The molecule has 0 bridgehead atoms. The lowest BCUT2D eigenvalue weighted by Crippen LogP contribution is -2.31. The van der Waals surface area contributed by atoms with Crippen molar-refractivity contribution < 1.29 is 18.7 Å². The van der Waals surface area contributed by atoms with E-state index in [9.17, 15) is 9.59 Å². The van der Waals surface area contributed by atoms with Gasteiger partial charge < -0.3 is 14.5 Å². The summed E-state index contributed by atoms with van der Waals surface area (Å²) in [6.45, 7) is 0.0635. The number of benzene rings is 2. The fourth-order valence-corrected chi connectivity index (χ4v) is 3.53. The highest BCUT2D eigenvalue weighted by Crippen LogP contribution is 2.32. The summed E-state index contributed by atoms with van der Waals surface area (Å²) in [6.07, 6.45) is 1.51. The van der Waals surface area contributed by atoms with E-state index in [0.29, 0.717) is 28.3 Å². The van der Waals surface area contributed by atoms with Gasteiger partial charge in [0.25, 0.3) is 11.8 Å². The van der Waals surface area contributed by atoms with Crippen LogP contribution in [0.3, 0.4) is 0 Å². The van der Waals surface area contributed by atoms with Crippen molar-refractivity contribution in [1.82, 2.24) is 4.90 Å². The molecule has 0 radical (unpaired) electrons. The summed E-state index contributed by atoms with van der Waals surface area (Å²) in [5.41, 5.74) is 1.86. The molecule has 1 aliphatic rings. The SMILES string of the molecule is COc1ccc(C2=C(Nc3cccc(Br)c3)C(=O)N(Cc3ccco3)C2=O)cc1. The fourth-order valence-electron chi connectivity index (χ4n) is 3.13. The minimum Gasteiger partial charge on any atom is -0.497 e. The fraction of sp³-hybridized carbons (Fsp3) is 0.0909. The van der Waals surface area contributed by atoms with E-state index in [1.165, 1.54) is 11.2 Å². The van der Waals surface area contributed by atoms with E-state index < -0.39 is 5.91 Å². The van der Waals surface area contributed by atoms with Crippen molar-refractivity contribution in [3.8, 4) is 5.75 Å². The molecular formula is C22H17BrN2O4. The van der Waals surface area contributed by atoms with E-state index in [4.69, 9.17) is 9.15 Å². The van der Waals surface area contributed by atoms with Gasteiger partial charge in [0, 0.05) is 10.2 Å². The average molecular weight is 453 g/mol. The molecule has 1 aliphatic heterocycles. The first-order valence-corrected chi connectivity index (χ1v) is 9.66. The van der Waals surface area contributed by atoms with Crippen molar-refractivity contribution in [2.45, 2.75) is 6.54 Å². The molecule has 1 N–H and O–H groups in total. The Balaban J connectivity index is 1.75. The van der Waals surface area contributed by atoms with Gasteiger partial charge in [-0.25, -0.2) is 0 Å². The third-order valence-electron chi connectivity index (χ3n) is 4.53. The number of anilines is 1. The van der Waals surface area contributed by atoms with Crippen LogP contribution in [-0.2, 0) is 16.1 Å². The van der Waals surface area contributed by atoms with Gasteiger partial charge in [-0.2, -0.15) is 0 Å². The molecule has 0 fully saturated rings. The van der Waals surface area contributed by atoms with Crippen LogP contribution in [0.1, 0.15) is 11.3 Å². The summed E-state index contributed by atoms with van der Waals surface area (Å²) in [5.74, 6) is 0.413. The van der Waals surface area contributed by atoms with Crippen LogP contribution in [0.5, 0.6) is 5.75 Å². The Hall–Kier alpha value is -3.32. The minimum absolute atomic E-state index is 0.0635. The molecule has 0 saturated heterocycles. The van der Waals surface area contributed by atoms with Crippen LogP contribution in [0.4, 0.5) is 5.69 Å². The Morgan fingerprint density at radius 1 is 1.03 bits per heavy atom. The molecule has 0 saturated carbocycles. The van der Waals surface area contributed by atoms with E-state index in [2.05, 4.69) is 21.2 Å². The second kappa shape index (κ2) is 7.97. The van der Waals surface area contributed by atoms with Crippen LogP contribution >= 0.6 is 15.9 Å². The molecule has 0 spiro atoms. The molecule has 0 unspecified atom stereocenters. The number of hydrogen-bond donors (Lipinski definition) is 1. The van der Waals surface area contributed by atoms with Crippen molar-refractivity contribution in [3.63, 3.8) is 0 Å². The first kappa shape index (κ1) is 19.0. The van der Waals surface area contributed by atoms with Crippen LogP contribution in [0.25, 0.3) is 5.57 Å². The summed E-state index contributed by atoms with van der Waals surface area (Å²) >= 11 is 3.42. The van der Waals surface area contributed by atoms with Gasteiger partial charge >= 0.3 is 0 Å². The van der Waals surface area contributed by atoms with Crippen molar-refractivity contribution in [2.75, 3.05) is 12.4 Å². The molecule has 0 atom stereocenters. The number of nitrogens with zero attached hydrogens (tertiary/aromatic N) is 1. The summed E-state index contributed by atoms with van der Waals surface area (Å²) < 4.78 is 11.4. The lowest BCUT2D eigenvalue weighted by molar-refractivity contribution is -0.137. The van der Waals surface area contributed by atoms with Crippen molar-refractivity contribution in [3.05, 3.63) is 88.4 Å². The maximum absolute atomic E-state index is 13.2. The van der Waals surface area contributed by atoms with E-state index in [1.807, 2.05) is 24.3 Å². The highest BCUT2D eigenvalue weighted by atomic mass is 79.9. The van der Waals surface area contributed by atoms with Gasteiger partial charge in [0.05, 0.1) is 25.5 Å². The molecule has 4 rings (SSSR count). The Bertz CT molecular complexity index is 1090. The molecule has 6 nitrogen and oxygen atoms in total. The Labute approximate surface area is 175 Å². The van der Waals surface area contributed by atoms with Crippen LogP contribution in [0.2, 0.25) is 0 Å². The summed E-state index contributed by atoms with van der Waals surface area (Å²) in [7, 11) is 1.57. The Morgan fingerprint density at radius 3 is 2.48 bits per heavy atom. The normalized spacial score (nSPS) is 13.9. The number of rotatable bonds is 6. The molecule has 2 aromatic carbocycles. The monoisotopic (exact) mass is 452 g/mol. The molecule has 0 aliphatic carbocycles. The molecular weight excluding hydrogens is 436 g/mol. The molecule has 7 heteroatoms. The van der Waals surface area contributed by atoms with Crippen LogP contribution < -0.4 is 10.1 Å². The topological polar surface area (TPSA) is 71.8 Å². The zero-order chi connectivity index (χ0) is 20.4. The second-order valence-corrected chi connectivity index (χ2v) is 7.31. The van der Waals surface area contributed by atoms with Crippen LogP contribution in [0, 0.1) is 0 Å². The lowest BCUT2D eigenvalue weighted by Gasteiger charge is -2.13. The third kappa shape index (κ3) is 3.82. The highest BCUT2D eigenvalue weighted by Gasteiger charge is 2.39. The predicted molar refractivity (Wildman–Crippen MR) is 112 cm³/mol. The minimum atomic E-state index is -0.405. The molecule has 29 heavy (non-hydrogen) atoms. The summed E-state index contributed by atoms with van der Waals surface area (Å²) in [5, 5.41) is 3.12. The molecule has 1 aromatic heterocycles. The van der Waals surface area contributed by atoms with Gasteiger partial charge in [0.2, 0.25) is 0 Å². The standard InChI is InChI=1S/C22H17BrN2O4/c1-28-17-9-7-14(8-10-17)19-20(24-16-5-2-4-15(23)12-16)22(27)25(21(19)26)13-18-6-3-11-29-18/h2-12,24H,13H2,1H3. The largest absolute Gasteiger partial charge is 0.497 e. The first-order valence-electron chi connectivity index (χ1n) is 8.86. The molecule has 2 amide bonds.